The second-order valence-corrected chi connectivity index (χ2v) is 6.01. The number of rotatable bonds is 3. The number of halogens is 2. The van der Waals surface area contributed by atoms with Gasteiger partial charge in [-0.05, 0) is 42.5 Å². The molecule has 0 amide bonds. The monoisotopic (exact) mass is 384 g/mol. The molecule has 4 rings (SSSR count). The van der Waals surface area contributed by atoms with Gasteiger partial charge in [-0.25, -0.2) is 9.18 Å². The number of Topliss-reactive ketones (excluding diaryl/α,β-unsaturated/α-hetero) is 1. The summed E-state index contributed by atoms with van der Waals surface area (Å²) in [6, 6.07) is 11.6. The number of hydrogen-bond donors (Lipinski definition) is 0. The van der Waals surface area contributed by atoms with Gasteiger partial charge in [0, 0.05) is 11.6 Å². The molecule has 0 unspecified atom stereocenters. The molecule has 0 N–H and O–H groups in total. The third kappa shape index (κ3) is 3.22. The van der Waals surface area contributed by atoms with E-state index in [0.717, 1.165) is 0 Å². The quantitative estimate of drug-likeness (QED) is 0.365. The largest absolute Gasteiger partial charge is 0.457 e. The first kappa shape index (κ1) is 17.1. The molecule has 134 valence electrons. The number of hydrogen-bond acceptors (Lipinski definition) is 5. The lowest BCUT2D eigenvalue weighted by atomic mass is 10.1. The number of carbonyl (C=O) groups excluding carboxylic acids is 2. The Hall–Kier alpha value is -3.38. The summed E-state index contributed by atoms with van der Waals surface area (Å²) in [5.74, 6) is -1.34. The Bertz CT molecular complexity index is 1070. The Labute approximate surface area is 157 Å². The zero-order valence-corrected chi connectivity index (χ0v) is 14.3. The third-order valence-electron chi connectivity index (χ3n) is 3.85. The Morgan fingerprint density at radius 3 is 2.74 bits per heavy atom. The summed E-state index contributed by atoms with van der Waals surface area (Å²) in [5.41, 5.74) is 0.325. The molecule has 0 saturated carbocycles. The molecule has 5 nitrogen and oxygen atoms in total. The molecule has 0 saturated heterocycles. The Kier molecular flexibility index (Phi) is 4.25. The summed E-state index contributed by atoms with van der Waals surface area (Å²) < 4.78 is 29.6. The standard InChI is InChI=1S/C20H10ClFO5/c21-14-3-1-4-15(22)13(14)10-18-19(23)12-7-6-11(9-17(12)27-18)26-20(24)16-5-2-8-25-16/h1-10H/b18-10-. The van der Waals surface area contributed by atoms with E-state index in [1.807, 2.05) is 0 Å². The lowest BCUT2D eigenvalue weighted by Gasteiger charge is -2.04. The van der Waals surface area contributed by atoms with Crippen LogP contribution in [0.25, 0.3) is 6.08 Å². The minimum Gasteiger partial charge on any atom is -0.457 e. The maximum absolute atomic E-state index is 13.9. The zero-order chi connectivity index (χ0) is 19.0. The van der Waals surface area contributed by atoms with Gasteiger partial charge in [-0.15, -0.1) is 0 Å². The molecule has 2 aromatic carbocycles. The molecule has 1 aliphatic rings. The normalized spacial score (nSPS) is 14.1. The SMILES string of the molecule is O=C(Oc1ccc2c(c1)O/C(=C\c1c(F)cccc1Cl)C2=O)c1ccco1. The van der Waals surface area contributed by atoms with Crippen molar-refractivity contribution in [2.45, 2.75) is 0 Å². The van der Waals surface area contributed by atoms with Crippen LogP contribution in [0, 0.1) is 5.82 Å². The van der Waals surface area contributed by atoms with E-state index < -0.39 is 17.6 Å². The van der Waals surface area contributed by atoms with Crippen LogP contribution in [0.3, 0.4) is 0 Å². The average molecular weight is 385 g/mol. The van der Waals surface area contributed by atoms with E-state index in [1.54, 1.807) is 6.07 Å². The molecular formula is C20H10ClFO5. The smallest absolute Gasteiger partial charge is 0.379 e. The zero-order valence-electron chi connectivity index (χ0n) is 13.6. The van der Waals surface area contributed by atoms with Gasteiger partial charge in [0.15, 0.2) is 5.76 Å². The van der Waals surface area contributed by atoms with Crippen molar-refractivity contribution in [2.75, 3.05) is 0 Å². The first-order valence-electron chi connectivity index (χ1n) is 7.81. The van der Waals surface area contributed by atoms with Crippen molar-refractivity contribution < 1.29 is 27.9 Å². The number of ether oxygens (including phenoxy) is 2. The molecule has 27 heavy (non-hydrogen) atoms. The Morgan fingerprint density at radius 2 is 2.00 bits per heavy atom. The van der Waals surface area contributed by atoms with E-state index in [1.165, 1.54) is 54.8 Å². The lowest BCUT2D eigenvalue weighted by molar-refractivity contribution is 0.0701. The van der Waals surface area contributed by atoms with E-state index in [-0.39, 0.29) is 39.2 Å². The highest BCUT2D eigenvalue weighted by Gasteiger charge is 2.28. The third-order valence-corrected chi connectivity index (χ3v) is 4.18. The number of esters is 1. The predicted octanol–water partition coefficient (Wildman–Crippen LogP) is 4.91. The van der Waals surface area contributed by atoms with E-state index in [9.17, 15) is 14.0 Å². The van der Waals surface area contributed by atoms with Crippen LogP contribution < -0.4 is 9.47 Å². The van der Waals surface area contributed by atoms with Crippen molar-refractivity contribution in [3.8, 4) is 11.5 Å². The minimum atomic E-state index is -0.682. The van der Waals surface area contributed by atoms with Crippen LogP contribution >= 0.6 is 11.6 Å². The molecule has 0 aliphatic carbocycles. The van der Waals surface area contributed by atoms with Crippen molar-refractivity contribution >= 4 is 29.4 Å². The number of ketones is 1. The summed E-state index contributed by atoms with van der Waals surface area (Å²) in [5, 5.41) is 0.155. The fourth-order valence-corrected chi connectivity index (χ4v) is 2.78. The van der Waals surface area contributed by atoms with Crippen LogP contribution in [0.1, 0.15) is 26.5 Å². The van der Waals surface area contributed by atoms with Gasteiger partial charge in [0.05, 0.1) is 16.8 Å². The first-order valence-corrected chi connectivity index (χ1v) is 8.19. The van der Waals surface area contributed by atoms with Crippen molar-refractivity contribution in [1.29, 1.82) is 0 Å². The molecule has 0 radical (unpaired) electrons. The minimum absolute atomic E-state index is 0.0438. The number of carbonyl (C=O) groups is 2. The summed E-state index contributed by atoms with van der Waals surface area (Å²) in [6.07, 6.45) is 2.60. The maximum atomic E-state index is 13.9. The summed E-state index contributed by atoms with van der Waals surface area (Å²) in [6.45, 7) is 0. The van der Waals surface area contributed by atoms with Gasteiger partial charge in [0.25, 0.3) is 0 Å². The second kappa shape index (κ2) is 6.74. The highest BCUT2D eigenvalue weighted by atomic mass is 35.5. The maximum Gasteiger partial charge on any atom is 0.379 e. The molecule has 0 spiro atoms. The second-order valence-electron chi connectivity index (χ2n) is 5.60. The van der Waals surface area contributed by atoms with Crippen molar-refractivity contribution in [1.82, 2.24) is 0 Å². The van der Waals surface area contributed by atoms with Crippen molar-refractivity contribution in [3.63, 3.8) is 0 Å². The topological polar surface area (TPSA) is 65.7 Å². The molecule has 3 aromatic rings. The number of furan rings is 1. The van der Waals surface area contributed by atoms with Gasteiger partial charge in [0.2, 0.25) is 11.5 Å². The van der Waals surface area contributed by atoms with Crippen LogP contribution in [0.15, 0.2) is 65.0 Å². The van der Waals surface area contributed by atoms with Gasteiger partial charge in [-0.3, -0.25) is 4.79 Å². The van der Waals surface area contributed by atoms with E-state index >= 15 is 0 Å². The molecule has 0 bridgehead atoms. The van der Waals surface area contributed by atoms with Crippen molar-refractivity contribution in [3.05, 3.63) is 88.3 Å². The van der Waals surface area contributed by atoms with E-state index in [2.05, 4.69) is 0 Å². The summed E-state index contributed by atoms with van der Waals surface area (Å²) in [7, 11) is 0. The fourth-order valence-electron chi connectivity index (χ4n) is 2.56. The van der Waals surface area contributed by atoms with Gasteiger partial charge in [-0.1, -0.05) is 17.7 Å². The van der Waals surface area contributed by atoms with Crippen LogP contribution in [-0.4, -0.2) is 11.8 Å². The fraction of sp³-hybridized carbons (Fsp3) is 0. The van der Waals surface area contributed by atoms with Crippen LogP contribution in [0.5, 0.6) is 11.5 Å². The highest BCUT2D eigenvalue weighted by molar-refractivity contribution is 6.32. The van der Waals surface area contributed by atoms with Gasteiger partial charge in [0.1, 0.15) is 17.3 Å². The van der Waals surface area contributed by atoms with E-state index in [0.29, 0.717) is 0 Å². The van der Waals surface area contributed by atoms with Gasteiger partial charge < -0.3 is 13.9 Å². The van der Waals surface area contributed by atoms with Gasteiger partial charge >= 0.3 is 5.97 Å². The summed E-state index contributed by atoms with van der Waals surface area (Å²) >= 11 is 5.98. The number of benzene rings is 2. The number of allylic oxidation sites excluding steroid dienone is 1. The average Bonchev–Trinajstić information content (AvgIpc) is 3.27. The molecule has 1 aliphatic heterocycles. The lowest BCUT2D eigenvalue weighted by Crippen LogP contribution is -2.07. The summed E-state index contributed by atoms with van der Waals surface area (Å²) in [4.78, 5) is 24.4. The number of fused-ring (bicyclic) bond motifs is 1. The molecule has 7 heteroatoms. The molecule has 2 heterocycles. The Morgan fingerprint density at radius 1 is 1.15 bits per heavy atom. The van der Waals surface area contributed by atoms with Crippen LogP contribution in [0.2, 0.25) is 5.02 Å². The van der Waals surface area contributed by atoms with Crippen LogP contribution in [-0.2, 0) is 0 Å². The molecule has 0 atom stereocenters. The highest BCUT2D eigenvalue weighted by Crippen LogP contribution is 2.36. The Balaban J connectivity index is 1.61. The van der Waals surface area contributed by atoms with E-state index in [4.69, 9.17) is 25.5 Å². The van der Waals surface area contributed by atoms with Gasteiger partial charge in [-0.2, -0.15) is 0 Å². The van der Waals surface area contributed by atoms with Crippen LogP contribution in [0.4, 0.5) is 4.39 Å². The molecular weight excluding hydrogens is 375 g/mol. The molecule has 0 fully saturated rings. The predicted molar refractivity (Wildman–Crippen MR) is 94.5 cm³/mol. The molecule has 1 aromatic heterocycles. The van der Waals surface area contributed by atoms with Crippen molar-refractivity contribution in [2.24, 2.45) is 0 Å². The first-order chi connectivity index (χ1) is 13.0.